The highest BCUT2D eigenvalue weighted by Gasteiger charge is 2.37. The molecule has 0 fully saturated rings. The lowest BCUT2D eigenvalue weighted by atomic mass is 10.2. The van der Waals surface area contributed by atoms with Crippen LogP contribution < -0.4 is 5.32 Å². The highest BCUT2D eigenvalue weighted by atomic mass is 16.2. The molecule has 1 aliphatic heterocycles. The predicted molar refractivity (Wildman–Crippen MR) is 104 cm³/mol. The number of nitrogens with one attached hydrogen (secondary N) is 1. The first kappa shape index (κ1) is 18.7. The van der Waals surface area contributed by atoms with Crippen LogP contribution in [0.2, 0.25) is 0 Å². The lowest BCUT2D eigenvalue weighted by Crippen LogP contribution is -2.31. The largest absolute Gasteiger partial charge is 0.349 e. The van der Waals surface area contributed by atoms with Crippen LogP contribution in [0.5, 0.6) is 0 Å². The first-order valence-corrected chi connectivity index (χ1v) is 9.40. The number of amides is 3. The summed E-state index contributed by atoms with van der Waals surface area (Å²) in [5.41, 5.74) is 2.10. The van der Waals surface area contributed by atoms with E-state index in [9.17, 15) is 14.4 Å². The van der Waals surface area contributed by atoms with Gasteiger partial charge in [-0.05, 0) is 25.0 Å². The number of nitrogens with zero attached hydrogens (tertiary/aromatic N) is 5. The van der Waals surface area contributed by atoms with Gasteiger partial charge in [-0.15, -0.1) is 0 Å². The van der Waals surface area contributed by atoms with Crippen molar-refractivity contribution >= 4 is 28.8 Å². The molecule has 0 bridgehead atoms. The molecule has 3 amide bonds. The van der Waals surface area contributed by atoms with Crippen molar-refractivity contribution in [2.24, 2.45) is 7.05 Å². The summed E-state index contributed by atoms with van der Waals surface area (Å²) in [6.45, 7) is 0.591. The van der Waals surface area contributed by atoms with Crippen LogP contribution in [-0.4, -0.2) is 48.7 Å². The van der Waals surface area contributed by atoms with Gasteiger partial charge in [0.25, 0.3) is 11.8 Å². The first-order valence-electron chi connectivity index (χ1n) is 9.40. The molecule has 1 aromatic carbocycles. The Morgan fingerprint density at radius 1 is 1.03 bits per heavy atom. The molecule has 29 heavy (non-hydrogen) atoms. The molecular formula is C20H20N6O3. The van der Waals surface area contributed by atoms with Crippen LogP contribution in [0.1, 0.15) is 46.1 Å². The number of benzene rings is 1. The van der Waals surface area contributed by atoms with Crippen LogP contribution in [-0.2, 0) is 18.4 Å². The normalized spacial score (nSPS) is 13.2. The first-order chi connectivity index (χ1) is 14.1. The number of imidazole rings is 1. The summed E-state index contributed by atoms with van der Waals surface area (Å²) in [5.74, 6) is -0.165. The van der Waals surface area contributed by atoms with Crippen molar-refractivity contribution in [2.75, 3.05) is 6.54 Å². The maximum atomic E-state index is 12.2. The summed E-state index contributed by atoms with van der Waals surface area (Å²) in [6.07, 6.45) is 4.18. The third-order valence-electron chi connectivity index (χ3n) is 4.95. The van der Waals surface area contributed by atoms with E-state index in [0.717, 1.165) is 21.8 Å². The van der Waals surface area contributed by atoms with Gasteiger partial charge in [-0.25, -0.2) is 15.0 Å². The Kier molecular flexibility index (Phi) is 5.03. The SMILES string of the molecule is Cn1c(CNC(=O)CCCCN2C(=O)c3nccnc3C2=O)nc2ccccc21. The van der Waals surface area contributed by atoms with Crippen molar-refractivity contribution < 1.29 is 14.4 Å². The van der Waals surface area contributed by atoms with Crippen LogP contribution in [0.3, 0.4) is 0 Å². The van der Waals surface area contributed by atoms with Crippen molar-refractivity contribution in [1.82, 2.24) is 29.7 Å². The summed E-state index contributed by atoms with van der Waals surface area (Å²) in [5, 5.41) is 2.87. The summed E-state index contributed by atoms with van der Waals surface area (Å²) >= 11 is 0. The molecule has 1 aliphatic rings. The van der Waals surface area contributed by atoms with Crippen LogP contribution >= 0.6 is 0 Å². The van der Waals surface area contributed by atoms with Crippen LogP contribution in [0, 0.1) is 0 Å². The summed E-state index contributed by atoms with van der Waals surface area (Å²) in [7, 11) is 1.92. The van der Waals surface area contributed by atoms with Crippen molar-refractivity contribution in [2.45, 2.75) is 25.8 Å². The average molecular weight is 392 g/mol. The van der Waals surface area contributed by atoms with E-state index in [1.165, 1.54) is 12.4 Å². The molecule has 9 nitrogen and oxygen atoms in total. The molecular weight excluding hydrogens is 372 g/mol. The quantitative estimate of drug-likeness (QED) is 0.481. The number of fused-ring (bicyclic) bond motifs is 2. The topological polar surface area (TPSA) is 110 Å². The van der Waals surface area contributed by atoms with E-state index in [1.54, 1.807) is 0 Å². The molecule has 0 saturated heterocycles. The van der Waals surface area contributed by atoms with Gasteiger partial charge in [-0.1, -0.05) is 12.1 Å². The molecule has 0 aliphatic carbocycles. The zero-order valence-corrected chi connectivity index (χ0v) is 16.0. The van der Waals surface area contributed by atoms with Gasteiger partial charge in [-0.2, -0.15) is 0 Å². The Balaban J connectivity index is 1.23. The Hall–Kier alpha value is -3.62. The molecule has 0 atom stereocenters. The van der Waals surface area contributed by atoms with E-state index < -0.39 is 11.8 Å². The second kappa shape index (κ2) is 7.78. The molecule has 0 unspecified atom stereocenters. The van der Waals surface area contributed by atoms with Gasteiger partial charge in [0.05, 0.1) is 17.6 Å². The summed E-state index contributed by atoms with van der Waals surface area (Å²) < 4.78 is 1.96. The number of carbonyl (C=O) groups excluding carboxylic acids is 3. The molecule has 3 heterocycles. The van der Waals surface area contributed by atoms with E-state index in [-0.39, 0.29) is 23.8 Å². The Morgan fingerprint density at radius 2 is 1.72 bits per heavy atom. The Morgan fingerprint density at radius 3 is 2.41 bits per heavy atom. The maximum Gasteiger partial charge on any atom is 0.281 e. The predicted octanol–water partition coefficient (Wildman–Crippen LogP) is 1.45. The number of para-hydroxylation sites is 2. The molecule has 3 aromatic rings. The Labute approximate surface area is 166 Å². The van der Waals surface area contributed by atoms with E-state index in [0.29, 0.717) is 25.8 Å². The molecule has 2 aromatic heterocycles. The van der Waals surface area contributed by atoms with Gasteiger partial charge in [-0.3, -0.25) is 19.3 Å². The highest BCUT2D eigenvalue weighted by Crippen LogP contribution is 2.19. The lowest BCUT2D eigenvalue weighted by Gasteiger charge is -2.12. The number of unbranched alkanes of at least 4 members (excludes halogenated alkanes) is 1. The second-order valence-electron chi connectivity index (χ2n) is 6.83. The van der Waals surface area contributed by atoms with Crippen LogP contribution in [0.4, 0.5) is 0 Å². The van der Waals surface area contributed by atoms with E-state index in [2.05, 4.69) is 20.3 Å². The minimum Gasteiger partial charge on any atom is -0.349 e. The number of imide groups is 1. The minimum atomic E-state index is -0.426. The van der Waals surface area contributed by atoms with E-state index >= 15 is 0 Å². The van der Waals surface area contributed by atoms with Crippen molar-refractivity contribution in [3.8, 4) is 0 Å². The zero-order chi connectivity index (χ0) is 20.4. The molecule has 148 valence electrons. The number of carbonyl (C=O) groups is 3. The lowest BCUT2D eigenvalue weighted by molar-refractivity contribution is -0.121. The molecule has 0 radical (unpaired) electrons. The number of aromatic nitrogens is 4. The van der Waals surface area contributed by atoms with E-state index in [1.807, 2.05) is 35.9 Å². The third-order valence-corrected chi connectivity index (χ3v) is 4.95. The molecule has 0 spiro atoms. The molecule has 9 heteroatoms. The van der Waals surface area contributed by atoms with Crippen molar-refractivity contribution in [3.05, 3.63) is 53.9 Å². The fourth-order valence-electron chi connectivity index (χ4n) is 3.38. The van der Waals surface area contributed by atoms with Gasteiger partial charge in [0.1, 0.15) is 5.82 Å². The van der Waals surface area contributed by atoms with Gasteiger partial charge < -0.3 is 9.88 Å². The van der Waals surface area contributed by atoms with Crippen molar-refractivity contribution in [3.63, 3.8) is 0 Å². The number of aryl methyl sites for hydroxylation is 1. The number of rotatable bonds is 7. The maximum absolute atomic E-state index is 12.2. The minimum absolute atomic E-state index is 0.0947. The highest BCUT2D eigenvalue weighted by molar-refractivity contribution is 6.19. The standard InChI is InChI=1S/C20H20N6O3/c1-25-14-7-3-2-6-13(14)24-15(25)12-23-16(27)8-4-5-11-26-19(28)17-18(20(26)29)22-10-9-21-17/h2-3,6-7,9-10H,4-5,8,11-12H2,1H3,(H,23,27). The third kappa shape index (κ3) is 3.58. The molecule has 4 rings (SSSR count). The van der Waals surface area contributed by atoms with Gasteiger partial charge in [0.15, 0.2) is 11.4 Å². The summed E-state index contributed by atoms with van der Waals surface area (Å²) in [6, 6.07) is 7.80. The smallest absolute Gasteiger partial charge is 0.281 e. The molecule has 1 N–H and O–H groups in total. The average Bonchev–Trinajstić information content (AvgIpc) is 3.19. The monoisotopic (exact) mass is 392 g/mol. The van der Waals surface area contributed by atoms with E-state index in [4.69, 9.17) is 0 Å². The van der Waals surface area contributed by atoms with Crippen LogP contribution in [0.15, 0.2) is 36.7 Å². The van der Waals surface area contributed by atoms with Gasteiger partial charge in [0, 0.05) is 32.4 Å². The number of hydrogen-bond donors (Lipinski definition) is 1. The summed E-state index contributed by atoms with van der Waals surface area (Å²) in [4.78, 5) is 50.1. The second-order valence-corrected chi connectivity index (χ2v) is 6.83. The fourth-order valence-corrected chi connectivity index (χ4v) is 3.38. The zero-order valence-electron chi connectivity index (χ0n) is 16.0. The van der Waals surface area contributed by atoms with Gasteiger partial charge in [0.2, 0.25) is 5.91 Å². The Bertz CT molecular complexity index is 1070. The molecule has 0 saturated carbocycles. The van der Waals surface area contributed by atoms with Crippen LogP contribution in [0.25, 0.3) is 11.0 Å². The number of hydrogen-bond acceptors (Lipinski definition) is 6. The van der Waals surface area contributed by atoms with Gasteiger partial charge >= 0.3 is 0 Å². The fraction of sp³-hybridized carbons (Fsp3) is 0.300. The van der Waals surface area contributed by atoms with Crippen molar-refractivity contribution in [1.29, 1.82) is 0 Å².